The number of hydrogen-bond donors (Lipinski definition) is 2. The number of β-amino-alcohol motifs (C(OH)–C–C–N with tert-alkyl or cyclic N) is 1. The van der Waals surface area contributed by atoms with Crippen molar-refractivity contribution in [1.82, 2.24) is 25.1 Å². The maximum atomic E-state index is 10.5. The first-order chi connectivity index (χ1) is 15.1. The van der Waals surface area contributed by atoms with Gasteiger partial charge in [0.1, 0.15) is 12.0 Å². The van der Waals surface area contributed by atoms with Crippen LogP contribution in [0.5, 0.6) is 6.01 Å². The van der Waals surface area contributed by atoms with E-state index in [0.717, 1.165) is 54.2 Å². The van der Waals surface area contributed by atoms with Crippen molar-refractivity contribution >= 4 is 22.4 Å². The molecule has 10 nitrogen and oxygen atoms in total. The van der Waals surface area contributed by atoms with Crippen LogP contribution >= 0.6 is 0 Å². The molecule has 0 saturated carbocycles. The van der Waals surface area contributed by atoms with Crippen molar-refractivity contribution in [3.63, 3.8) is 0 Å². The Morgan fingerprint density at radius 1 is 1.13 bits per heavy atom. The number of hydrogen-bond acceptors (Lipinski definition) is 9. The van der Waals surface area contributed by atoms with Crippen LogP contribution in [0.1, 0.15) is 5.56 Å². The van der Waals surface area contributed by atoms with Crippen LogP contribution in [-0.4, -0.2) is 84.1 Å². The molecule has 2 aliphatic rings. The second-order valence-corrected chi connectivity index (χ2v) is 7.80. The number of aliphatic hydroxyl groups excluding tert-OH is 1. The number of piperazine rings is 1. The van der Waals surface area contributed by atoms with Gasteiger partial charge in [-0.1, -0.05) is 0 Å². The molecule has 0 aliphatic carbocycles. The van der Waals surface area contributed by atoms with Gasteiger partial charge in [-0.3, -0.25) is 0 Å². The summed E-state index contributed by atoms with van der Waals surface area (Å²) in [6.45, 7) is 7.05. The molecule has 2 N–H and O–H groups in total. The lowest BCUT2D eigenvalue weighted by atomic mass is 10.1. The maximum absolute atomic E-state index is 10.5. The van der Waals surface area contributed by atoms with Gasteiger partial charge in [0.25, 0.3) is 0 Å². The summed E-state index contributed by atoms with van der Waals surface area (Å²) < 4.78 is 12.7. The number of fused-ring (bicyclic) bond motifs is 1. The lowest BCUT2D eigenvalue weighted by Crippen LogP contribution is -2.51. The van der Waals surface area contributed by atoms with Gasteiger partial charge >= 0.3 is 6.01 Å². The smallest absolute Gasteiger partial charge is 0.320 e. The van der Waals surface area contributed by atoms with Gasteiger partial charge in [0.2, 0.25) is 0 Å². The Hall–Kier alpha value is -2.95. The second kappa shape index (κ2) is 8.29. The molecule has 1 atom stereocenters. The molecule has 31 heavy (non-hydrogen) atoms. The van der Waals surface area contributed by atoms with Crippen molar-refractivity contribution in [2.24, 2.45) is 0 Å². The molecule has 0 amide bonds. The minimum absolute atomic E-state index is 0.299. The zero-order valence-electron chi connectivity index (χ0n) is 17.8. The van der Waals surface area contributed by atoms with E-state index in [2.05, 4.69) is 44.3 Å². The van der Waals surface area contributed by atoms with Crippen LogP contribution in [0.2, 0.25) is 0 Å². The van der Waals surface area contributed by atoms with Crippen LogP contribution in [0.15, 0.2) is 24.4 Å². The number of morpholine rings is 1. The van der Waals surface area contributed by atoms with Crippen LogP contribution in [0.4, 0.5) is 11.5 Å². The fourth-order valence-electron chi connectivity index (χ4n) is 4.19. The summed E-state index contributed by atoms with van der Waals surface area (Å²) in [5.41, 5.74) is 3.01. The number of aliphatic hydroxyl groups is 1. The van der Waals surface area contributed by atoms with Gasteiger partial charge in [-0.15, -0.1) is 0 Å². The highest BCUT2D eigenvalue weighted by Gasteiger charge is 2.23. The van der Waals surface area contributed by atoms with Crippen molar-refractivity contribution in [3.8, 4) is 11.8 Å². The highest BCUT2D eigenvalue weighted by Crippen LogP contribution is 2.30. The topological polar surface area (TPSA) is 101 Å². The van der Waals surface area contributed by atoms with Crippen molar-refractivity contribution < 1.29 is 14.6 Å². The summed E-state index contributed by atoms with van der Waals surface area (Å²) in [5, 5.41) is 19.3. The summed E-state index contributed by atoms with van der Waals surface area (Å²) in [5.74, 6) is 1.43. The van der Waals surface area contributed by atoms with Crippen molar-refractivity contribution in [2.75, 3.05) is 62.8 Å². The Morgan fingerprint density at radius 2 is 1.94 bits per heavy atom. The first-order valence-electron chi connectivity index (χ1n) is 10.5. The van der Waals surface area contributed by atoms with E-state index in [1.165, 1.54) is 0 Å². The Kier molecular flexibility index (Phi) is 5.34. The minimum Gasteiger partial charge on any atom is -0.467 e. The summed E-state index contributed by atoms with van der Waals surface area (Å²) in [4.78, 5) is 13.3. The predicted octanol–water partition coefficient (Wildman–Crippen LogP) is 0.697. The monoisotopic (exact) mass is 425 g/mol. The van der Waals surface area contributed by atoms with Gasteiger partial charge in [0, 0.05) is 49.9 Å². The largest absolute Gasteiger partial charge is 0.467 e. The fraction of sp³-hybridized carbons (Fsp3) is 0.476. The standard InChI is InChI=1S/C21H27N7O3/c1-14-9-15-12-23-28(17(15)10-16(14)27-4-3-22-13-20(27)29)19-11-18(24-21(25-19)30-2)26-5-7-31-8-6-26/h9-12,20,22,29H,3-8,13H2,1-2H3. The Labute approximate surface area is 180 Å². The highest BCUT2D eigenvalue weighted by molar-refractivity contribution is 5.85. The summed E-state index contributed by atoms with van der Waals surface area (Å²) >= 11 is 0. The van der Waals surface area contributed by atoms with Gasteiger partial charge in [-0.25, -0.2) is 4.68 Å². The van der Waals surface area contributed by atoms with Gasteiger partial charge in [-0.2, -0.15) is 15.1 Å². The molecule has 10 heteroatoms. The molecule has 1 unspecified atom stereocenters. The molecule has 2 aromatic heterocycles. The SMILES string of the molecule is COc1nc(N2CCOCC2)cc(-n2ncc3cc(C)c(N4CCNCC4O)cc32)n1. The van der Waals surface area contributed by atoms with Crippen LogP contribution in [0.3, 0.4) is 0 Å². The van der Waals surface area contributed by atoms with E-state index in [4.69, 9.17) is 9.47 Å². The number of rotatable bonds is 4. The first kappa shape index (κ1) is 20.0. The van der Waals surface area contributed by atoms with Crippen LogP contribution in [0.25, 0.3) is 16.7 Å². The maximum Gasteiger partial charge on any atom is 0.320 e. The summed E-state index contributed by atoms with van der Waals surface area (Å²) in [6, 6.07) is 6.41. The van der Waals surface area contributed by atoms with Gasteiger partial charge in [0.15, 0.2) is 5.82 Å². The molecule has 164 valence electrons. The van der Waals surface area contributed by atoms with Crippen LogP contribution < -0.4 is 19.9 Å². The molecule has 2 saturated heterocycles. The molecule has 3 aromatic rings. The lowest BCUT2D eigenvalue weighted by Gasteiger charge is -2.35. The highest BCUT2D eigenvalue weighted by atomic mass is 16.5. The van der Waals surface area contributed by atoms with Crippen molar-refractivity contribution in [2.45, 2.75) is 13.2 Å². The van der Waals surface area contributed by atoms with Crippen molar-refractivity contribution in [3.05, 3.63) is 30.0 Å². The van der Waals surface area contributed by atoms with E-state index in [1.807, 2.05) is 17.2 Å². The van der Waals surface area contributed by atoms with E-state index < -0.39 is 6.23 Å². The first-order valence-corrected chi connectivity index (χ1v) is 10.5. The average Bonchev–Trinajstić information content (AvgIpc) is 3.22. The fourth-order valence-corrected chi connectivity index (χ4v) is 4.19. The number of benzene rings is 1. The number of nitrogens with one attached hydrogen (secondary N) is 1. The molecule has 2 aliphatic heterocycles. The summed E-state index contributed by atoms with van der Waals surface area (Å²) in [6.07, 6.45) is 1.27. The molecule has 1 aromatic carbocycles. The van der Waals surface area contributed by atoms with E-state index in [-0.39, 0.29) is 0 Å². The number of methoxy groups -OCH3 is 1. The molecule has 2 fully saturated rings. The van der Waals surface area contributed by atoms with Gasteiger partial charge < -0.3 is 29.7 Å². The van der Waals surface area contributed by atoms with Gasteiger partial charge in [-0.05, 0) is 24.6 Å². The Bertz CT molecular complexity index is 1080. The molecule has 4 heterocycles. The quantitative estimate of drug-likeness (QED) is 0.625. The lowest BCUT2D eigenvalue weighted by molar-refractivity contribution is 0.122. The molecule has 5 rings (SSSR count). The molecular formula is C21H27N7O3. The number of aromatic nitrogens is 4. The zero-order valence-corrected chi connectivity index (χ0v) is 17.8. The zero-order chi connectivity index (χ0) is 21.4. The number of nitrogens with zero attached hydrogens (tertiary/aromatic N) is 6. The van der Waals surface area contributed by atoms with E-state index in [1.54, 1.807) is 11.8 Å². The van der Waals surface area contributed by atoms with Gasteiger partial charge in [0.05, 0.1) is 32.0 Å². The number of aryl methyl sites for hydroxylation is 1. The Balaban J connectivity index is 1.59. The van der Waals surface area contributed by atoms with Crippen LogP contribution in [-0.2, 0) is 4.74 Å². The predicted molar refractivity (Wildman–Crippen MR) is 117 cm³/mol. The Morgan fingerprint density at radius 3 is 2.71 bits per heavy atom. The third-order valence-electron chi connectivity index (χ3n) is 5.82. The molecule has 0 radical (unpaired) electrons. The normalized spacial score (nSPS) is 19.8. The van der Waals surface area contributed by atoms with E-state index in [9.17, 15) is 5.11 Å². The number of ether oxygens (including phenoxy) is 2. The third-order valence-corrected chi connectivity index (χ3v) is 5.82. The second-order valence-electron chi connectivity index (χ2n) is 7.80. The third kappa shape index (κ3) is 3.78. The van der Waals surface area contributed by atoms with Crippen molar-refractivity contribution in [1.29, 1.82) is 0 Å². The summed E-state index contributed by atoms with van der Waals surface area (Å²) in [7, 11) is 1.57. The number of anilines is 2. The molecule has 0 spiro atoms. The molecule has 0 bridgehead atoms. The van der Waals surface area contributed by atoms with Crippen LogP contribution in [0, 0.1) is 6.92 Å². The molecular weight excluding hydrogens is 398 g/mol. The van der Waals surface area contributed by atoms with E-state index in [0.29, 0.717) is 31.6 Å². The van der Waals surface area contributed by atoms with E-state index >= 15 is 0 Å². The minimum atomic E-state index is -0.562. The average molecular weight is 425 g/mol.